The maximum atomic E-state index is 5.92. The van der Waals surface area contributed by atoms with E-state index < -0.39 is 0 Å². The first kappa shape index (κ1) is 12.3. The van der Waals surface area contributed by atoms with Crippen LogP contribution in [0.4, 0.5) is 5.82 Å². The normalized spacial score (nSPS) is 17.5. The van der Waals surface area contributed by atoms with E-state index in [-0.39, 0.29) is 0 Å². The molecule has 4 nitrogen and oxygen atoms in total. The van der Waals surface area contributed by atoms with Crippen LogP contribution >= 0.6 is 0 Å². The maximum absolute atomic E-state index is 5.92. The summed E-state index contributed by atoms with van der Waals surface area (Å²) in [5.74, 6) is 1.95. The molecule has 0 amide bonds. The van der Waals surface area contributed by atoms with Crippen LogP contribution in [0.5, 0.6) is 0 Å². The van der Waals surface area contributed by atoms with Crippen LogP contribution in [-0.4, -0.2) is 29.1 Å². The van der Waals surface area contributed by atoms with E-state index in [9.17, 15) is 0 Å². The Morgan fingerprint density at radius 1 is 1.35 bits per heavy atom. The molecule has 2 heterocycles. The van der Waals surface area contributed by atoms with Crippen molar-refractivity contribution in [2.45, 2.75) is 45.6 Å². The predicted octanol–water partition coefficient (Wildman–Crippen LogP) is 1.67. The van der Waals surface area contributed by atoms with Gasteiger partial charge in [0.2, 0.25) is 0 Å². The number of piperidine rings is 1. The van der Waals surface area contributed by atoms with E-state index in [1.165, 1.54) is 0 Å². The van der Waals surface area contributed by atoms with Gasteiger partial charge in [0.1, 0.15) is 11.6 Å². The molecule has 2 N–H and O–H groups in total. The number of aryl methyl sites for hydroxylation is 2. The molecule has 1 saturated heterocycles. The largest absolute Gasteiger partial charge is 0.356 e. The van der Waals surface area contributed by atoms with Gasteiger partial charge in [-0.25, -0.2) is 9.97 Å². The van der Waals surface area contributed by atoms with Gasteiger partial charge in [-0.2, -0.15) is 0 Å². The third kappa shape index (κ3) is 3.16. The molecular formula is C13H22N4. The zero-order chi connectivity index (χ0) is 12.3. The molecule has 0 saturated carbocycles. The number of aromatic nitrogens is 2. The number of anilines is 1. The van der Waals surface area contributed by atoms with Crippen LogP contribution in [0.2, 0.25) is 0 Å². The van der Waals surface area contributed by atoms with Crippen molar-refractivity contribution in [3.63, 3.8) is 0 Å². The Hall–Kier alpha value is -1.16. The fraction of sp³-hybridized carbons (Fsp3) is 0.692. The Bertz CT molecular complexity index is 370. The molecule has 0 spiro atoms. The lowest BCUT2D eigenvalue weighted by atomic mass is 10.1. The number of rotatable bonds is 3. The van der Waals surface area contributed by atoms with Gasteiger partial charge in [-0.3, -0.25) is 0 Å². The van der Waals surface area contributed by atoms with E-state index in [0.29, 0.717) is 6.04 Å². The van der Waals surface area contributed by atoms with Crippen molar-refractivity contribution in [2.24, 2.45) is 5.73 Å². The van der Waals surface area contributed by atoms with Crippen LogP contribution in [0, 0.1) is 6.92 Å². The molecule has 1 aliphatic heterocycles. The second-order valence-corrected chi connectivity index (χ2v) is 4.84. The number of nitrogens with two attached hydrogens (primary N) is 1. The standard InChI is InChI=1S/C13H22N4/c1-3-4-12-9-13(16-10(2)15-12)17-7-5-11(14)6-8-17/h9,11H,3-8,14H2,1-2H3. The van der Waals surface area contributed by atoms with E-state index in [2.05, 4.69) is 27.9 Å². The molecule has 1 aromatic heterocycles. The summed E-state index contributed by atoms with van der Waals surface area (Å²) in [5.41, 5.74) is 7.08. The van der Waals surface area contributed by atoms with Gasteiger partial charge in [0.15, 0.2) is 0 Å². The first-order chi connectivity index (χ1) is 8.19. The Morgan fingerprint density at radius 2 is 2.06 bits per heavy atom. The lowest BCUT2D eigenvalue weighted by Gasteiger charge is -2.31. The molecule has 1 aliphatic rings. The topological polar surface area (TPSA) is 55.0 Å². The van der Waals surface area contributed by atoms with Gasteiger partial charge in [-0.05, 0) is 26.2 Å². The van der Waals surface area contributed by atoms with Gasteiger partial charge < -0.3 is 10.6 Å². The van der Waals surface area contributed by atoms with Crippen molar-refractivity contribution >= 4 is 5.82 Å². The van der Waals surface area contributed by atoms with Crippen LogP contribution in [0.3, 0.4) is 0 Å². The Balaban J connectivity index is 2.14. The Morgan fingerprint density at radius 3 is 2.71 bits per heavy atom. The Kier molecular flexibility index (Phi) is 3.94. The van der Waals surface area contributed by atoms with Crippen LogP contribution in [0.1, 0.15) is 37.7 Å². The van der Waals surface area contributed by atoms with Crippen molar-refractivity contribution in [1.82, 2.24) is 9.97 Å². The SMILES string of the molecule is CCCc1cc(N2CCC(N)CC2)nc(C)n1. The summed E-state index contributed by atoms with van der Waals surface area (Å²) in [7, 11) is 0. The van der Waals surface area contributed by atoms with Gasteiger partial charge in [-0.1, -0.05) is 13.3 Å². The van der Waals surface area contributed by atoms with E-state index in [4.69, 9.17) is 5.73 Å². The number of hydrogen-bond acceptors (Lipinski definition) is 4. The van der Waals surface area contributed by atoms with E-state index in [0.717, 1.165) is 56.1 Å². The molecule has 0 aromatic carbocycles. The van der Waals surface area contributed by atoms with Gasteiger partial charge >= 0.3 is 0 Å². The first-order valence-electron chi connectivity index (χ1n) is 6.54. The molecule has 1 fully saturated rings. The van der Waals surface area contributed by atoms with Gasteiger partial charge in [0.25, 0.3) is 0 Å². The predicted molar refractivity (Wildman–Crippen MR) is 70.2 cm³/mol. The fourth-order valence-electron chi connectivity index (χ4n) is 2.29. The highest BCUT2D eigenvalue weighted by Gasteiger charge is 2.17. The molecule has 94 valence electrons. The zero-order valence-electron chi connectivity index (χ0n) is 10.8. The minimum absolute atomic E-state index is 0.365. The third-order valence-electron chi connectivity index (χ3n) is 3.25. The monoisotopic (exact) mass is 234 g/mol. The van der Waals surface area contributed by atoms with Crippen molar-refractivity contribution in [1.29, 1.82) is 0 Å². The number of nitrogens with zero attached hydrogens (tertiary/aromatic N) is 3. The van der Waals surface area contributed by atoms with Crippen LogP contribution in [0.25, 0.3) is 0 Å². The van der Waals surface area contributed by atoms with Crippen LogP contribution in [0.15, 0.2) is 6.07 Å². The lowest BCUT2D eigenvalue weighted by molar-refractivity contribution is 0.498. The van der Waals surface area contributed by atoms with Crippen LogP contribution in [-0.2, 0) is 6.42 Å². The lowest BCUT2D eigenvalue weighted by Crippen LogP contribution is -2.40. The zero-order valence-corrected chi connectivity index (χ0v) is 10.8. The molecule has 0 bridgehead atoms. The van der Waals surface area contributed by atoms with Gasteiger partial charge in [0, 0.05) is 30.9 Å². The second-order valence-electron chi connectivity index (χ2n) is 4.84. The van der Waals surface area contributed by atoms with Crippen molar-refractivity contribution in [2.75, 3.05) is 18.0 Å². The fourth-order valence-corrected chi connectivity index (χ4v) is 2.29. The molecule has 0 aliphatic carbocycles. The van der Waals surface area contributed by atoms with Crippen molar-refractivity contribution < 1.29 is 0 Å². The molecule has 4 heteroatoms. The quantitative estimate of drug-likeness (QED) is 0.864. The van der Waals surface area contributed by atoms with Crippen molar-refractivity contribution in [3.8, 4) is 0 Å². The van der Waals surface area contributed by atoms with Crippen LogP contribution < -0.4 is 10.6 Å². The molecule has 0 atom stereocenters. The van der Waals surface area contributed by atoms with E-state index in [1.54, 1.807) is 0 Å². The Labute approximate surface area is 103 Å². The minimum atomic E-state index is 0.365. The van der Waals surface area contributed by atoms with E-state index in [1.807, 2.05) is 6.92 Å². The summed E-state index contributed by atoms with van der Waals surface area (Å²) in [4.78, 5) is 11.3. The maximum Gasteiger partial charge on any atom is 0.132 e. The second kappa shape index (κ2) is 5.45. The summed E-state index contributed by atoms with van der Waals surface area (Å²) in [5, 5.41) is 0. The average Bonchev–Trinajstić information content (AvgIpc) is 2.29. The molecule has 1 aromatic rings. The summed E-state index contributed by atoms with van der Waals surface area (Å²) in [6.45, 7) is 6.18. The summed E-state index contributed by atoms with van der Waals surface area (Å²) >= 11 is 0. The molecule has 0 radical (unpaired) electrons. The summed E-state index contributed by atoms with van der Waals surface area (Å²) in [6.07, 6.45) is 4.28. The highest BCUT2D eigenvalue weighted by molar-refractivity contribution is 5.40. The first-order valence-corrected chi connectivity index (χ1v) is 6.54. The third-order valence-corrected chi connectivity index (χ3v) is 3.25. The number of hydrogen-bond donors (Lipinski definition) is 1. The molecule has 2 rings (SSSR count). The molecule has 17 heavy (non-hydrogen) atoms. The molecule has 0 unspecified atom stereocenters. The van der Waals surface area contributed by atoms with E-state index >= 15 is 0 Å². The average molecular weight is 234 g/mol. The minimum Gasteiger partial charge on any atom is -0.356 e. The highest BCUT2D eigenvalue weighted by atomic mass is 15.2. The van der Waals surface area contributed by atoms with Crippen molar-refractivity contribution in [3.05, 3.63) is 17.6 Å². The molecular weight excluding hydrogens is 212 g/mol. The van der Waals surface area contributed by atoms with Gasteiger partial charge in [-0.15, -0.1) is 0 Å². The highest BCUT2D eigenvalue weighted by Crippen LogP contribution is 2.18. The van der Waals surface area contributed by atoms with Gasteiger partial charge in [0.05, 0.1) is 0 Å². The smallest absolute Gasteiger partial charge is 0.132 e. The summed E-state index contributed by atoms with van der Waals surface area (Å²) in [6, 6.07) is 2.50. The summed E-state index contributed by atoms with van der Waals surface area (Å²) < 4.78 is 0.